The Kier molecular flexibility index (Phi) is 3.95. The van der Waals surface area contributed by atoms with Crippen LogP contribution in [-0.2, 0) is 14.3 Å². The van der Waals surface area contributed by atoms with Crippen molar-refractivity contribution < 1.29 is 23.1 Å². The molecule has 0 radical (unpaired) electrons. The van der Waals surface area contributed by atoms with Gasteiger partial charge in [-0.05, 0) is 0 Å². The molecule has 6 heteroatoms. The van der Waals surface area contributed by atoms with Crippen LogP contribution in [0.2, 0.25) is 0 Å². The number of hydrogen-bond acceptors (Lipinski definition) is 3. The van der Waals surface area contributed by atoms with Crippen molar-refractivity contribution in [3.05, 3.63) is 0 Å². The van der Waals surface area contributed by atoms with Crippen LogP contribution in [0.1, 0.15) is 0 Å². The second kappa shape index (κ2) is 4.23. The molecule has 3 nitrogen and oxygen atoms in total. The average molecular weight is 187 g/mol. The highest BCUT2D eigenvalue weighted by molar-refractivity contribution is 6.41. The molecule has 0 spiro atoms. The van der Waals surface area contributed by atoms with Gasteiger partial charge in [-0.25, -0.2) is 13.6 Å². The summed E-state index contributed by atoms with van der Waals surface area (Å²) < 4.78 is 27.0. The number of ether oxygens (including phenoxy) is 1. The molecule has 0 aliphatic carbocycles. The maximum absolute atomic E-state index is 11.5. The third-order valence-electron chi connectivity index (χ3n) is 0.873. The van der Waals surface area contributed by atoms with E-state index in [0.717, 1.165) is 7.11 Å². The van der Waals surface area contributed by atoms with E-state index in [1.807, 2.05) is 0 Å². The molecule has 0 aromatic heterocycles. The highest BCUT2D eigenvalue weighted by atomic mass is 35.5. The molecular formula is C5H5ClF2O3. The summed E-state index contributed by atoms with van der Waals surface area (Å²) in [6, 6.07) is 0. The molecule has 0 saturated carbocycles. The van der Waals surface area contributed by atoms with Crippen LogP contribution in [0.3, 0.4) is 0 Å². The number of ketones is 1. The van der Waals surface area contributed by atoms with Gasteiger partial charge in [-0.3, -0.25) is 4.79 Å². The molecule has 0 unspecified atom stereocenters. The van der Waals surface area contributed by atoms with Crippen LogP contribution < -0.4 is 0 Å². The Labute approximate surface area is 66.3 Å². The quantitative estimate of drug-likeness (QED) is 0.368. The fourth-order valence-electron chi connectivity index (χ4n) is 0.330. The van der Waals surface area contributed by atoms with Gasteiger partial charge in [0.15, 0.2) is 5.38 Å². The summed E-state index contributed by atoms with van der Waals surface area (Å²) in [6.45, 7) is 0. The predicted molar refractivity (Wildman–Crippen MR) is 32.7 cm³/mol. The number of Topliss-reactive ketones (excluding diaryl/α,β-unsaturated/α-hetero) is 1. The van der Waals surface area contributed by atoms with Crippen LogP contribution in [0.15, 0.2) is 0 Å². The molecule has 0 aliphatic rings. The Balaban J connectivity index is 4.13. The first-order valence-corrected chi connectivity index (χ1v) is 2.98. The van der Waals surface area contributed by atoms with Crippen LogP contribution in [-0.4, -0.2) is 30.7 Å². The van der Waals surface area contributed by atoms with Gasteiger partial charge in [0.25, 0.3) is 6.43 Å². The third-order valence-corrected chi connectivity index (χ3v) is 1.27. The fraction of sp³-hybridized carbons (Fsp3) is 0.600. The summed E-state index contributed by atoms with van der Waals surface area (Å²) in [6.07, 6.45) is -3.24. The molecule has 0 aliphatic heterocycles. The van der Waals surface area contributed by atoms with Crippen molar-refractivity contribution in [2.24, 2.45) is 0 Å². The van der Waals surface area contributed by atoms with Crippen molar-refractivity contribution in [3.8, 4) is 0 Å². The highest BCUT2D eigenvalue weighted by Gasteiger charge is 2.31. The Morgan fingerprint density at radius 3 is 2.18 bits per heavy atom. The van der Waals surface area contributed by atoms with Crippen molar-refractivity contribution in [2.75, 3.05) is 7.11 Å². The minimum absolute atomic E-state index is 0.955. The molecule has 0 aromatic carbocycles. The molecule has 11 heavy (non-hydrogen) atoms. The molecule has 64 valence electrons. The zero-order chi connectivity index (χ0) is 9.02. The van der Waals surface area contributed by atoms with Gasteiger partial charge in [-0.15, -0.1) is 11.6 Å². The highest BCUT2D eigenvalue weighted by Crippen LogP contribution is 2.06. The van der Waals surface area contributed by atoms with E-state index < -0.39 is 23.6 Å². The lowest BCUT2D eigenvalue weighted by atomic mass is 10.3. The van der Waals surface area contributed by atoms with Crippen molar-refractivity contribution >= 4 is 23.4 Å². The molecule has 0 heterocycles. The number of alkyl halides is 3. The fourth-order valence-corrected chi connectivity index (χ4v) is 0.515. The van der Waals surface area contributed by atoms with Gasteiger partial charge in [0.2, 0.25) is 5.78 Å². The Bertz CT molecular complexity index is 171. The monoisotopic (exact) mass is 186 g/mol. The molecule has 0 bridgehead atoms. The van der Waals surface area contributed by atoms with Gasteiger partial charge < -0.3 is 4.74 Å². The minimum Gasteiger partial charge on any atom is -0.468 e. The molecular weight excluding hydrogens is 182 g/mol. The van der Waals surface area contributed by atoms with Crippen LogP contribution in [0.5, 0.6) is 0 Å². The van der Waals surface area contributed by atoms with Crippen LogP contribution in [0.4, 0.5) is 8.78 Å². The summed E-state index contributed by atoms with van der Waals surface area (Å²) in [7, 11) is 0.955. The normalized spacial score (nSPS) is 12.8. The second-order valence-electron chi connectivity index (χ2n) is 1.59. The number of hydrogen-bond donors (Lipinski definition) is 0. The summed E-state index contributed by atoms with van der Waals surface area (Å²) in [5.41, 5.74) is 0. The van der Waals surface area contributed by atoms with E-state index >= 15 is 0 Å². The smallest absolute Gasteiger partial charge is 0.331 e. The molecule has 1 atom stereocenters. The lowest BCUT2D eigenvalue weighted by molar-refractivity contribution is -0.145. The molecule has 0 amide bonds. The summed E-state index contributed by atoms with van der Waals surface area (Å²) in [5.74, 6) is -2.81. The lowest BCUT2D eigenvalue weighted by Crippen LogP contribution is -2.30. The van der Waals surface area contributed by atoms with Gasteiger partial charge >= 0.3 is 5.97 Å². The third kappa shape index (κ3) is 2.80. The SMILES string of the molecule is COC(=O)[C@@H](Cl)C(=O)C(F)F. The maximum atomic E-state index is 11.5. The van der Waals surface area contributed by atoms with Crippen LogP contribution in [0, 0.1) is 0 Å². The van der Waals surface area contributed by atoms with Gasteiger partial charge in [-0.2, -0.15) is 0 Å². The number of halogens is 3. The minimum atomic E-state index is -3.24. The van der Waals surface area contributed by atoms with E-state index in [9.17, 15) is 18.4 Å². The maximum Gasteiger partial charge on any atom is 0.331 e. The number of esters is 1. The van der Waals surface area contributed by atoms with Crippen molar-refractivity contribution in [1.82, 2.24) is 0 Å². The Hall–Kier alpha value is -0.710. The van der Waals surface area contributed by atoms with Gasteiger partial charge in [-0.1, -0.05) is 0 Å². The lowest BCUT2D eigenvalue weighted by Gasteiger charge is -2.03. The standard InChI is InChI=1S/C5H5ClF2O3/c1-11-5(10)2(6)3(9)4(7)8/h2,4H,1H3/t2-/m0/s1. The molecule has 0 rings (SSSR count). The predicted octanol–water partition coefficient (Wildman–Crippen LogP) is 0.601. The average Bonchev–Trinajstić information content (AvgIpc) is 2.00. The number of carbonyl (C=O) groups is 2. The van der Waals surface area contributed by atoms with E-state index in [1.165, 1.54) is 0 Å². The molecule has 0 aromatic rings. The zero-order valence-electron chi connectivity index (χ0n) is 5.51. The first-order chi connectivity index (χ1) is 5.00. The largest absolute Gasteiger partial charge is 0.468 e. The van der Waals surface area contributed by atoms with Crippen LogP contribution in [0.25, 0.3) is 0 Å². The van der Waals surface area contributed by atoms with E-state index in [0.29, 0.717) is 0 Å². The van der Waals surface area contributed by atoms with Crippen molar-refractivity contribution in [1.29, 1.82) is 0 Å². The van der Waals surface area contributed by atoms with E-state index in [-0.39, 0.29) is 0 Å². The van der Waals surface area contributed by atoms with Gasteiger partial charge in [0, 0.05) is 0 Å². The van der Waals surface area contributed by atoms with Gasteiger partial charge in [0.05, 0.1) is 7.11 Å². The summed E-state index contributed by atoms with van der Waals surface area (Å²) in [5, 5.41) is -1.90. The summed E-state index contributed by atoms with van der Waals surface area (Å²) in [4.78, 5) is 20.6. The zero-order valence-corrected chi connectivity index (χ0v) is 6.27. The van der Waals surface area contributed by atoms with Gasteiger partial charge in [0.1, 0.15) is 0 Å². The Morgan fingerprint density at radius 2 is 1.91 bits per heavy atom. The summed E-state index contributed by atoms with van der Waals surface area (Å²) >= 11 is 4.97. The number of methoxy groups -OCH3 is 1. The molecule has 0 saturated heterocycles. The second-order valence-corrected chi connectivity index (χ2v) is 2.03. The first kappa shape index (κ1) is 10.3. The Morgan fingerprint density at radius 1 is 1.45 bits per heavy atom. The van der Waals surface area contributed by atoms with Crippen LogP contribution >= 0.6 is 11.6 Å². The number of rotatable bonds is 3. The van der Waals surface area contributed by atoms with Crippen molar-refractivity contribution in [3.63, 3.8) is 0 Å². The molecule has 0 N–H and O–H groups in total. The molecule has 0 fully saturated rings. The number of carbonyl (C=O) groups excluding carboxylic acids is 2. The van der Waals surface area contributed by atoms with E-state index in [1.54, 1.807) is 0 Å². The van der Waals surface area contributed by atoms with E-state index in [2.05, 4.69) is 4.74 Å². The van der Waals surface area contributed by atoms with E-state index in [4.69, 9.17) is 11.6 Å². The van der Waals surface area contributed by atoms with Crippen molar-refractivity contribution in [2.45, 2.75) is 11.8 Å². The first-order valence-electron chi connectivity index (χ1n) is 2.54. The topological polar surface area (TPSA) is 43.4 Å².